The Morgan fingerprint density at radius 2 is 1.78 bits per heavy atom. The highest BCUT2D eigenvalue weighted by Crippen LogP contribution is 2.31. The van der Waals surface area contributed by atoms with Gasteiger partial charge in [-0.25, -0.2) is 9.78 Å². The van der Waals surface area contributed by atoms with Crippen LogP contribution in [-0.4, -0.2) is 81.1 Å². The molecule has 3 aromatic heterocycles. The number of carbonyl (C=O) groups is 2. The molecule has 0 radical (unpaired) electrons. The first-order valence-electron chi connectivity index (χ1n) is 13.3. The van der Waals surface area contributed by atoms with Gasteiger partial charge in [-0.1, -0.05) is 0 Å². The molecule has 0 saturated carbocycles. The zero-order valence-corrected chi connectivity index (χ0v) is 21.2. The Morgan fingerprint density at radius 3 is 2.51 bits per heavy atom. The van der Waals surface area contributed by atoms with Crippen molar-refractivity contribution in [1.82, 2.24) is 35.2 Å². The van der Waals surface area contributed by atoms with E-state index >= 15 is 0 Å². The Kier molecular flexibility index (Phi) is 6.45. The lowest BCUT2D eigenvalue weighted by Crippen LogP contribution is -2.49. The van der Waals surface area contributed by atoms with Crippen molar-refractivity contribution in [1.29, 1.82) is 0 Å². The predicted molar refractivity (Wildman–Crippen MR) is 139 cm³/mol. The molecular formula is C26H33N9O2. The topological polar surface area (TPSA) is 112 Å². The van der Waals surface area contributed by atoms with Crippen molar-refractivity contribution in [3.63, 3.8) is 0 Å². The number of aromatic nitrogens is 5. The number of hydrogen-bond donors (Lipinski definition) is 1. The summed E-state index contributed by atoms with van der Waals surface area (Å²) >= 11 is 0. The normalized spacial score (nSPS) is 20.6. The zero-order valence-electron chi connectivity index (χ0n) is 21.2. The molecule has 0 unspecified atom stereocenters. The molecule has 1 N–H and O–H groups in total. The summed E-state index contributed by atoms with van der Waals surface area (Å²) in [6, 6.07) is 5.98. The fraction of sp³-hybridized carbons (Fsp3) is 0.538. The summed E-state index contributed by atoms with van der Waals surface area (Å²) in [6.45, 7) is 7.65. The zero-order chi connectivity index (χ0) is 25.4. The Bertz CT molecular complexity index is 1270. The third-order valence-corrected chi connectivity index (χ3v) is 7.96. The lowest BCUT2D eigenvalue weighted by atomic mass is 9.94. The van der Waals surface area contributed by atoms with Crippen molar-refractivity contribution in [3.05, 3.63) is 36.3 Å². The van der Waals surface area contributed by atoms with Crippen LogP contribution < -0.4 is 15.1 Å². The van der Waals surface area contributed by atoms with Gasteiger partial charge in [0.05, 0.1) is 28.8 Å². The highest BCUT2D eigenvalue weighted by molar-refractivity contribution is 6.08. The molecule has 3 aliphatic rings. The van der Waals surface area contributed by atoms with E-state index < -0.39 is 6.03 Å². The van der Waals surface area contributed by atoms with Gasteiger partial charge in [-0.2, -0.15) is 10.2 Å². The molecule has 3 aromatic rings. The van der Waals surface area contributed by atoms with Gasteiger partial charge in [-0.15, -0.1) is 5.10 Å². The van der Waals surface area contributed by atoms with Crippen LogP contribution in [0.25, 0.3) is 10.9 Å². The number of anilines is 2. The number of pyridine rings is 1. The van der Waals surface area contributed by atoms with Crippen LogP contribution in [0.15, 0.2) is 30.6 Å². The van der Waals surface area contributed by atoms with E-state index in [0.717, 1.165) is 68.0 Å². The summed E-state index contributed by atoms with van der Waals surface area (Å²) in [4.78, 5) is 34.9. The number of fused-ring (bicyclic) bond motifs is 1. The molecule has 11 nitrogen and oxygen atoms in total. The van der Waals surface area contributed by atoms with Gasteiger partial charge in [0.15, 0.2) is 5.82 Å². The number of nitrogens with one attached hydrogen (secondary N) is 1. The second-order valence-electron chi connectivity index (χ2n) is 10.4. The van der Waals surface area contributed by atoms with E-state index in [0.29, 0.717) is 24.3 Å². The molecule has 0 spiro atoms. The molecule has 0 atom stereocenters. The summed E-state index contributed by atoms with van der Waals surface area (Å²) in [5.74, 6) is 2.02. The van der Waals surface area contributed by atoms with E-state index in [9.17, 15) is 9.59 Å². The molecule has 194 valence electrons. The molecule has 0 bridgehead atoms. The van der Waals surface area contributed by atoms with E-state index in [1.54, 1.807) is 12.4 Å². The number of carbonyl (C=O) groups excluding carboxylic acids is 2. The molecule has 0 aromatic carbocycles. The Morgan fingerprint density at radius 1 is 0.973 bits per heavy atom. The van der Waals surface area contributed by atoms with Crippen LogP contribution in [0.5, 0.6) is 0 Å². The molecule has 3 aliphatic heterocycles. The van der Waals surface area contributed by atoms with Crippen molar-refractivity contribution >= 4 is 34.5 Å². The summed E-state index contributed by atoms with van der Waals surface area (Å²) in [6.07, 6.45) is 8.27. The number of piperidine rings is 2. The predicted octanol–water partition coefficient (Wildman–Crippen LogP) is 2.53. The number of amides is 3. The fourth-order valence-corrected chi connectivity index (χ4v) is 5.85. The number of likely N-dealkylation sites (tertiary alicyclic amines) is 1. The van der Waals surface area contributed by atoms with E-state index in [1.807, 2.05) is 19.1 Å². The van der Waals surface area contributed by atoms with E-state index in [4.69, 9.17) is 5.10 Å². The third-order valence-electron chi connectivity index (χ3n) is 7.96. The standard InChI is InChI=1S/C26H33N9O2/c1-18-2-3-23(31-30-18)33-13-5-19(6-14-33)17-32-11-7-20(8-12-32)35-22-4-10-27-25(21(22)16-28-35)34-15-9-24(36)29-26(34)37/h2-4,10,16,19-20H,5-9,11-15,17H2,1H3,(H,29,36,37). The second-order valence-corrected chi connectivity index (χ2v) is 10.4. The van der Waals surface area contributed by atoms with Crippen LogP contribution in [0.1, 0.15) is 43.8 Å². The van der Waals surface area contributed by atoms with Gasteiger partial charge >= 0.3 is 6.03 Å². The molecule has 6 heterocycles. The summed E-state index contributed by atoms with van der Waals surface area (Å²) in [5.41, 5.74) is 1.94. The van der Waals surface area contributed by atoms with Gasteiger partial charge in [0.2, 0.25) is 5.91 Å². The Balaban J connectivity index is 1.05. The molecule has 3 amide bonds. The van der Waals surface area contributed by atoms with Gasteiger partial charge < -0.3 is 9.80 Å². The van der Waals surface area contributed by atoms with E-state index in [1.165, 1.54) is 17.7 Å². The van der Waals surface area contributed by atoms with Crippen molar-refractivity contribution < 1.29 is 9.59 Å². The van der Waals surface area contributed by atoms with Gasteiger partial charge in [0.25, 0.3) is 0 Å². The number of aryl methyl sites for hydroxylation is 1. The first-order chi connectivity index (χ1) is 18.0. The maximum atomic E-state index is 12.4. The smallest absolute Gasteiger partial charge is 0.329 e. The lowest BCUT2D eigenvalue weighted by Gasteiger charge is -2.38. The van der Waals surface area contributed by atoms with E-state index in [2.05, 4.69) is 41.0 Å². The van der Waals surface area contributed by atoms with Crippen LogP contribution >= 0.6 is 0 Å². The van der Waals surface area contributed by atoms with Gasteiger partial charge in [-0.05, 0) is 56.7 Å². The van der Waals surface area contributed by atoms with Crippen molar-refractivity contribution in [3.8, 4) is 0 Å². The SMILES string of the molecule is Cc1ccc(N2CCC(CN3CCC(n4ncc5c(N6CCC(=O)NC6=O)nccc54)CC3)CC2)nn1. The molecule has 37 heavy (non-hydrogen) atoms. The van der Waals surface area contributed by atoms with E-state index in [-0.39, 0.29) is 12.3 Å². The minimum Gasteiger partial charge on any atom is -0.355 e. The monoisotopic (exact) mass is 503 g/mol. The third kappa shape index (κ3) is 4.87. The summed E-state index contributed by atoms with van der Waals surface area (Å²) in [7, 11) is 0. The highest BCUT2D eigenvalue weighted by atomic mass is 16.2. The molecule has 11 heteroatoms. The first kappa shape index (κ1) is 23.8. The average Bonchev–Trinajstić information content (AvgIpc) is 3.35. The van der Waals surface area contributed by atoms with Crippen LogP contribution in [0, 0.1) is 12.8 Å². The van der Waals surface area contributed by atoms with Crippen LogP contribution in [-0.2, 0) is 4.79 Å². The molecule has 0 aliphatic carbocycles. The number of rotatable bonds is 5. The van der Waals surface area contributed by atoms with Crippen molar-refractivity contribution in [2.24, 2.45) is 5.92 Å². The molecule has 3 fully saturated rings. The van der Waals surface area contributed by atoms with Crippen LogP contribution in [0.2, 0.25) is 0 Å². The maximum absolute atomic E-state index is 12.4. The number of imide groups is 1. The van der Waals surface area contributed by atoms with Crippen LogP contribution in [0.4, 0.5) is 16.4 Å². The molecule has 6 rings (SSSR count). The Hall–Kier alpha value is -3.60. The Labute approximate surface area is 215 Å². The fourth-order valence-electron chi connectivity index (χ4n) is 5.85. The summed E-state index contributed by atoms with van der Waals surface area (Å²) in [5, 5.41) is 16.5. The highest BCUT2D eigenvalue weighted by Gasteiger charge is 2.29. The quantitative estimate of drug-likeness (QED) is 0.565. The second kappa shape index (κ2) is 10.0. The number of nitrogens with zero attached hydrogens (tertiary/aromatic N) is 8. The minimum absolute atomic E-state index is 0.248. The average molecular weight is 504 g/mol. The van der Waals surface area contributed by atoms with Crippen LogP contribution in [0.3, 0.4) is 0 Å². The van der Waals surface area contributed by atoms with Crippen molar-refractivity contribution in [2.45, 2.75) is 45.1 Å². The van der Waals surface area contributed by atoms with Gasteiger partial charge in [0.1, 0.15) is 5.82 Å². The van der Waals surface area contributed by atoms with Gasteiger partial charge in [-0.3, -0.25) is 19.7 Å². The first-order valence-corrected chi connectivity index (χ1v) is 13.3. The molecule has 3 saturated heterocycles. The lowest BCUT2D eigenvalue weighted by molar-refractivity contribution is -0.120. The van der Waals surface area contributed by atoms with Gasteiger partial charge in [0, 0.05) is 51.9 Å². The minimum atomic E-state index is -0.421. The maximum Gasteiger partial charge on any atom is 0.329 e. The molecular weight excluding hydrogens is 470 g/mol. The number of hydrogen-bond acceptors (Lipinski definition) is 8. The largest absolute Gasteiger partial charge is 0.355 e. The number of urea groups is 1. The summed E-state index contributed by atoms with van der Waals surface area (Å²) < 4.78 is 2.10. The van der Waals surface area contributed by atoms with Crippen molar-refractivity contribution in [2.75, 3.05) is 49.1 Å².